The molecule has 8 atom stereocenters. The number of rotatable bonds is 20. The van der Waals surface area contributed by atoms with Crippen LogP contribution in [0.5, 0.6) is 0 Å². The van der Waals surface area contributed by atoms with Crippen LogP contribution in [0.15, 0.2) is 72.8 Å². The number of carbonyl (C=O) groups is 5. The van der Waals surface area contributed by atoms with Gasteiger partial charge in [-0.3, -0.25) is 19.2 Å². The summed E-state index contributed by atoms with van der Waals surface area (Å²) in [6, 6.07) is 18.5. The Hall–Kier alpha value is -4.31. The van der Waals surface area contributed by atoms with Crippen LogP contribution in [-0.4, -0.2) is 108 Å². The summed E-state index contributed by atoms with van der Waals surface area (Å²) < 4.78 is 41.4. The van der Waals surface area contributed by atoms with Gasteiger partial charge in [0.05, 0.1) is 31.8 Å². The number of aliphatic hydroxyl groups is 1. The molecule has 0 saturated carbocycles. The molecule has 14 heteroatoms. The number of ether oxygens (including phenoxy) is 7. The predicted octanol–water partition coefficient (Wildman–Crippen LogP) is 4.73. The van der Waals surface area contributed by atoms with E-state index in [1.54, 1.807) is 13.8 Å². The molecule has 4 rings (SSSR count). The van der Waals surface area contributed by atoms with Crippen LogP contribution in [-0.2, 0) is 65.5 Å². The quantitative estimate of drug-likeness (QED) is 0.111. The maximum Gasteiger partial charge on any atom is 0.417 e. The highest BCUT2D eigenvalue weighted by atomic mass is 16.7. The molecule has 2 heterocycles. The monoisotopic (exact) mass is 781 g/mol. The minimum absolute atomic E-state index is 0.0186. The number of allylic oxidation sites excluding steroid dienone is 1. The summed E-state index contributed by atoms with van der Waals surface area (Å²) >= 11 is 0. The number of benzene rings is 2. The second-order valence-electron chi connectivity index (χ2n) is 14.8. The molecule has 0 bridgehead atoms. The molecule has 0 spiro atoms. The van der Waals surface area contributed by atoms with E-state index in [-0.39, 0.29) is 45.2 Å². The lowest BCUT2D eigenvalue weighted by molar-refractivity contribution is -0.319. The second-order valence-corrected chi connectivity index (χ2v) is 14.8. The van der Waals surface area contributed by atoms with Crippen LogP contribution in [0.3, 0.4) is 0 Å². The van der Waals surface area contributed by atoms with Crippen molar-refractivity contribution in [3.63, 3.8) is 0 Å². The summed E-state index contributed by atoms with van der Waals surface area (Å²) in [5, 5.41) is 10.3. The number of cyclic esters (lactones) is 1. The average Bonchev–Trinajstić information content (AvgIpc) is 3.43. The van der Waals surface area contributed by atoms with E-state index in [0.717, 1.165) is 35.1 Å². The first-order valence-electron chi connectivity index (χ1n) is 18.9. The Balaban J connectivity index is 1.40. The van der Waals surface area contributed by atoms with E-state index in [2.05, 4.69) is 0 Å². The minimum Gasteiger partial charge on any atom is -0.453 e. The van der Waals surface area contributed by atoms with E-state index >= 15 is 0 Å². The highest BCUT2D eigenvalue weighted by Crippen LogP contribution is 2.36. The number of esters is 1. The van der Waals surface area contributed by atoms with Crippen LogP contribution in [0.2, 0.25) is 0 Å². The van der Waals surface area contributed by atoms with Crippen molar-refractivity contribution < 1.29 is 62.2 Å². The molecule has 0 aromatic heterocycles. The summed E-state index contributed by atoms with van der Waals surface area (Å²) in [5.74, 6) is -4.18. The Bertz CT molecular complexity index is 1650. The van der Waals surface area contributed by atoms with E-state index in [9.17, 15) is 29.1 Å². The Morgan fingerprint density at radius 1 is 0.875 bits per heavy atom. The van der Waals surface area contributed by atoms with Crippen LogP contribution < -0.4 is 0 Å². The average molecular weight is 782 g/mol. The summed E-state index contributed by atoms with van der Waals surface area (Å²) in [5.41, 5.74) is 0.864. The van der Waals surface area contributed by atoms with Crippen molar-refractivity contribution in [3.8, 4) is 0 Å². The lowest BCUT2D eigenvalue weighted by Gasteiger charge is -2.45. The predicted molar refractivity (Wildman–Crippen MR) is 202 cm³/mol. The fraction of sp³-hybridized carbons (Fsp3) is 0.548. The third-order valence-corrected chi connectivity index (χ3v) is 9.71. The number of nitrogens with zero attached hydrogens (tertiary/aromatic N) is 1. The number of hydrogen-bond acceptors (Lipinski definition) is 13. The van der Waals surface area contributed by atoms with Gasteiger partial charge in [-0.05, 0) is 56.4 Å². The van der Waals surface area contributed by atoms with Gasteiger partial charge in [0.1, 0.15) is 30.0 Å². The lowest BCUT2D eigenvalue weighted by Crippen LogP contribution is -2.61. The van der Waals surface area contributed by atoms with E-state index in [4.69, 9.17) is 33.2 Å². The Kier molecular flexibility index (Phi) is 16.4. The van der Waals surface area contributed by atoms with Crippen molar-refractivity contribution >= 4 is 29.5 Å². The van der Waals surface area contributed by atoms with Crippen LogP contribution in [0.4, 0.5) is 4.79 Å². The molecule has 2 saturated heterocycles. The molecule has 1 N–H and O–H groups in total. The van der Waals surface area contributed by atoms with Gasteiger partial charge >= 0.3 is 12.1 Å². The maximum atomic E-state index is 13.6. The van der Waals surface area contributed by atoms with Crippen LogP contribution in [0.1, 0.15) is 65.5 Å². The van der Waals surface area contributed by atoms with Crippen molar-refractivity contribution in [1.82, 2.24) is 4.90 Å². The third-order valence-electron chi connectivity index (χ3n) is 9.71. The first kappa shape index (κ1) is 44.4. The van der Waals surface area contributed by atoms with Gasteiger partial charge in [0.25, 0.3) is 0 Å². The van der Waals surface area contributed by atoms with Crippen molar-refractivity contribution in [3.05, 3.63) is 83.9 Å². The zero-order chi connectivity index (χ0) is 41.0. The van der Waals surface area contributed by atoms with Crippen molar-refractivity contribution in [2.45, 2.75) is 116 Å². The summed E-state index contributed by atoms with van der Waals surface area (Å²) in [4.78, 5) is 65.6. The number of carbonyl (C=O) groups excluding carboxylic acids is 5. The first-order valence-corrected chi connectivity index (χ1v) is 18.9. The molecule has 2 amide bonds. The molecule has 2 aromatic rings. The van der Waals surface area contributed by atoms with Crippen LogP contribution in [0, 0.1) is 11.8 Å². The smallest absolute Gasteiger partial charge is 0.417 e. The Morgan fingerprint density at radius 2 is 1.46 bits per heavy atom. The zero-order valence-corrected chi connectivity index (χ0v) is 33.2. The topological polar surface area (TPSA) is 173 Å². The molecule has 306 valence electrons. The number of amides is 2. The van der Waals surface area contributed by atoms with E-state index < -0.39 is 83.9 Å². The first-order chi connectivity index (χ1) is 26.7. The molecule has 2 aromatic carbocycles. The second kappa shape index (κ2) is 20.7. The van der Waals surface area contributed by atoms with Gasteiger partial charge in [0.15, 0.2) is 24.0 Å². The molecule has 14 nitrogen and oxygen atoms in total. The normalized spacial score (nSPS) is 24.5. The van der Waals surface area contributed by atoms with Gasteiger partial charge in [-0.1, -0.05) is 74.5 Å². The molecule has 56 heavy (non-hydrogen) atoms. The molecule has 2 aliphatic rings. The number of methoxy groups -OCH3 is 1. The van der Waals surface area contributed by atoms with Gasteiger partial charge in [-0.2, -0.15) is 0 Å². The van der Waals surface area contributed by atoms with Gasteiger partial charge in [-0.25, -0.2) is 9.69 Å². The largest absolute Gasteiger partial charge is 0.453 e. The fourth-order valence-electron chi connectivity index (χ4n) is 7.16. The summed E-state index contributed by atoms with van der Waals surface area (Å²) in [7, 11) is 1.46. The SMILES string of the molecule is CO[C@H]1O[C@H](CO)[C@@H](OCc2ccccc2)[C@H](OCc2ccccc2)[C@@H]1OCCCC(=O)C=CC(=O)[C@H](OC(C)=O)[C@@H](C)C(=O)N1C(=O)OC(C)(C)[C@H]1C(C)C. The van der Waals surface area contributed by atoms with E-state index in [1.165, 1.54) is 14.0 Å². The maximum absolute atomic E-state index is 13.6. The number of ketones is 2. The van der Waals surface area contributed by atoms with Gasteiger partial charge in [0, 0.05) is 27.1 Å². The van der Waals surface area contributed by atoms with Gasteiger partial charge in [-0.15, -0.1) is 0 Å². The number of hydrogen-bond donors (Lipinski definition) is 1. The third kappa shape index (κ3) is 11.6. The number of aliphatic hydroxyl groups excluding tert-OH is 1. The molecular formula is C42H55NO13. The standard InChI is InChI=1S/C42H55NO13/c1-26(2)38-42(5,6)56-41(49)43(38)39(48)27(3)34(54-28(4)45)32(47)21-20-31(46)19-14-22-51-37-36(53-25-30-17-12-9-13-18-30)35(33(23-44)55-40(37)50-7)52-24-29-15-10-8-11-16-29/h8-13,15-18,20-21,26-27,33-38,40,44H,14,19,22-25H2,1-7H3/t27-,33-,34-,35-,36+,37+,38-,40+/m1/s1. The summed E-state index contributed by atoms with van der Waals surface area (Å²) in [6.45, 7) is 9.73. The molecule has 0 aliphatic carbocycles. The Labute approximate surface area is 328 Å². The molecule has 2 fully saturated rings. The number of imide groups is 1. The van der Waals surface area contributed by atoms with Gasteiger partial charge in [0.2, 0.25) is 5.91 Å². The van der Waals surface area contributed by atoms with Gasteiger partial charge < -0.3 is 38.3 Å². The molecular weight excluding hydrogens is 726 g/mol. The van der Waals surface area contributed by atoms with Crippen molar-refractivity contribution in [1.29, 1.82) is 0 Å². The van der Waals surface area contributed by atoms with Crippen molar-refractivity contribution in [2.24, 2.45) is 11.8 Å². The zero-order valence-electron chi connectivity index (χ0n) is 33.2. The highest BCUT2D eigenvalue weighted by Gasteiger charge is 2.54. The minimum atomic E-state index is -1.58. The molecule has 2 aliphatic heterocycles. The van der Waals surface area contributed by atoms with E-state index in [1.807, 2.05) is 74.5 Å². The summed E-state index contributed by atoms with van der Waals surface area (Å²) in [6.07, 6.45) is -4.17. The highest BCUT2D eigenvalue weighted by molar-refractivity contribution is 6.04. The molecule has 0 unspecified atom stereocenters. The van der Waals surface area contributed by atoms with Crippen LogP contribution >= 0.6 is 0 Å². The fourth-order valence-corrected chi connectivity index (χ4v) is 7.16. The van der Waals surface area contributed by atoms with E-state index in [0.29, 0.717) is 0 Å². The van der Waals surface area contributed by atoms with Crippen molar-refractivity contribution in [2.75, 3.05) is 20.3 Å². The lowest BCUT2D eigenvalue weighted by atomic mass is 9.87. The Morgan fingerprint density at radius 3 is 2.00 bits per heavy atom. The van der Waals surface area contributed by atoms with Crippen LogP contribution in [0.25, 0.3) is 0 Å². The molecule has 0 radical (unpaired) electrons.